The first-order valence-corrected chi connectivity index (χ1v) is 6.52. The highest BCUT2D eigenvalue weighted by molar-refractivity contribution is 5.23. The van der Waals surface area contributed by atoms with Crippen LogP contribution in [0.4, 0.5) is 8.78 Å². The highest BCUT2D eigenvalue weighted by Crippen LogP contribution is 2.27. The van der Waals surface area contributed by atoms with Crippen molar-refractivity contribution in [2.45, 2.75) is 13.0 Å². The second kappa shape index (κ2) is 4.94. The Kier molecular flexibility index (Phi) is 3.31. The summed E-state index contributed by atoms with van der Waals surface area (Å²) in [6.45, 7) is 5.41. The van der Waals surface area contributed by atoms with Gasteiger partial charge in [-0.2, -0.15) is 0 Å². The third-order valence-corrected chi connectivity index (χ3v) is 4.10. The van der Waals surface area contributed by atoms with Crippen LogP contribution >= 0.6 is 0 Å². The molecule has 2 fully saturated rings. The smallest absolute Gasteiger partial charge is 0.263 e. The lowest BCUT2D eigenvalue weighted by molar-refractivity contribution is 0.151. The lowest BCUT2D eigenvalue weighted by atomic mass is 10.0. The third kappa shape index (κ3) is 2.40. The fourth-order valence-electron chi connectivity index (χ4n) is 3.11. The number of halogens is 2. The van der Waals surface area contributed by atoms with Crippen LogP contribution in [0.5, 0.6) is 0 Å². The van der Waals surface area contributed by atoms with Gasteiger partial charge >= 0.3 is 0 Å². The topological polar surface area (TPSA) is 15.3 Å². The number of rotatable bonds is 3. The van der Waals surface area contributed by atoms with Gasteiger partial charge in [0.15, 0.2) is 0 Å². The van der Waals surface area contributed by atoms with Crippen LogP contribution in [-0.2, 0) is 6.54 Å². The number of nitrogens with one attached hydrogen (secondary N) is 1. The number of fused-ring (bicyclic) bond motifs is 1. The van der Waals surface area contributed by atoms with E-state index >= 15 is 0 Å². The normalized spacial score (nSPS) is 27.9. The standard InChI is InChI=1S/C14H18F2N2/c15-14(16)11-3-1-10(2-4-11)7-18-8-12-5-17-6-13(12)9-18/h1-4,12-14,17H,5-9H2/t12-,13+. The second-order valence-corrected chi connectivity index (χ2v) is 5.41. The number of benzene rings is 1. The van der Waals surface area contributed by atoms with Crippen LogP contribution < -0.4 is 5.32 Å². The monoisotopic (exact) mass is 252 g/mol. The molecule has 2 atom stereocenters. The van der Waals surface area contributed by atoms with Gasteiger partial charge in [-0.05, 0) is 30.5 Å². The van der Waals surface area contributed by atoms with Crippen molar-refractivity contribution in [2.75, 3.05) is 26.2 Å². The molecule has 0 bridgehead atoms. The Hall–Kier alpha value is -1.00. The first kappa shape index (κ1) is 12.1. The summed E-state index contributed by atoms with van der Waals surface area (Å²) in [5.74, 6) is 1.57. The maximum absolute atomic E-state index is 12.4. The van der Waals surface area contributed by atoms with E-state index in [1.165, 1.54) is 0 Å². The summed E-state index contributed by atoms with van der Waals surface area (Å²) in [6, 6.07) is 6.73. The molecule has 3 rings (SSSR count). The van der Waals surface area contributed by atoms with Gasteiger partial charge in [-0.15, -0.1) is 0 Å². The van der Waals surface area contributed by atoms with Gasteiger partial charge in [0, 0.05) is 25.2 Å². The molecule has 2 heterocycles. The molecule has 1 N–H and O–H groups in total. The highest BCUT2D eigenvalue weighted by atomic mass is 19.3. The molecule has 1 aromatic carbocycles. The van der Waals surface area contributed by atoms with E-state index in [9.17, 15) is 8.78 Å². The second-order valence-electron chi connectivity index (χ2n) is 5.41. The Balaban J connectivity index is 1.60. The number of hydrogen-bond donors (Lipinski definition) is 1. The molecule has 0 amide bonds. The summed E-state index contributed by atoms with van der Waals surface area (Å²) < 4.78 is 24.9. The maximum atomic E-state index is 12.4. The van der Waals surface area contributed by atoms with E-state index in [1.807, 2.05) is 12.1 Å². The minimum atomic E-state index is -2.36. The summed E-state index contributed by atoms with van der Waals surface area (Å²) in [4.78, 5) is 2.44. The van der Waals surface area contributed by atoms with Gasteiger partial charge < -0.3 is 5.32 Å². The average molecular weight is 252 g/mol. The number of alkyl halides is 2. The zero-order valence-corrected chi connectivity index (χ0v) is 10.3. The van der Waals surface area contributed by atoms with Crippen molar-refractivity contribution in [3.05, 3.63) is 35.4 Å². The zero-order valence-electron chi connectivity index (χ0n) is 10.3. The predicted octanol–water partition coefficient (Wildman–Crippen LogP) is 2.28. The summed E-state index contributed by atoms with van der Waals surface area (Å²) in [6.07, 6.45) is -2.36. The fraction of sp³-hybridized carbons (Fsp3) is 0.571. The Labute approximate surface area is 106 Å². The lowest BCUT2D eigenvalue weighted by Gasteiger charge is -2.17. The Morgan fingerprint density at radius 3 is 2.28 bits per heavy atom. The minimum absolute atomic E-state index is 0.112. The van der Waals surface area contributed by atoms with E-state index in [-0.39, 0.29) is 5.56 Å². The van der Waals surface area contributed by atoms with Crippen molar-refractivity contribution in [3.8, 4) is 0 Å². The SMILES string of the molecule is FC(F)c1ccc(CN2C[C@H]3CNC[C@H]3C2)cc1. The maximum Gasteiger partial charge on any atom is 0.263 e. The third-order valence-electron chi connectivity index (χ3n) is 4.10. The van der Waals surface area contributed by atoms with E-state index < -0.39 is 6.43 Å². The summed E-state index contributed by atoms with van der Waals surface area (Å²) in [5.41, 5.74) is 1.24. The Morgan fingerprint density at radius 1 is 1.11 bits per heavy atom. The van der Waals surface area contributed by atoms with Gasteiger partial charge in [0.05, 0.1) is 0 Å². The highest BCUT2D eigenvalue weighted by Gasteiger charge is 2.35. The van der Waals surface area contributed by atoms with Gasteiger partial charge in [-0.1, -0.05) is 24.3 Å². The molecule has 4 heteroatoms. The molecule has 98 valence electrons. The fourth-order valence-corrected chi connectivity index (χ4v) is 3.11. The van der Waals surface area contributed by atoms with Crippen molar-refractivity contribution in [1.82, 2.24) is 10.2 Å². The molecule has 0 aliphatic carbocycles. The van der Waals surface area contributed by atoms with Crippen molar-refractivity contribution in [1.29, 1.82) is 0 Å². The van der Waals surface area contributed by atoms with Crippen LogP contribution in [-0.4, -0.2) is 31.1 Å². The molecule has 2 nitrogen and oxygen atoms in total. The van der Waals surface area contributed by atoms with Crippen molar-refractivity contribution in [3.63, 3.8) is 0 Å². The van der Waals surface area contributed by atoms with Gasteiger partial charge in [0.2, 0.25) is 0 Å². The van der Waals surface area contributed by atoms with Gasteiger partial charge in [-0.25, -0.2) is 8.78 Å². The van der Waals surface area contributed by atoms with E-state index in [0.29, 0.717) is 0 Å². The zero-order chi connectivity index (χ0) is 12.5. The molecular weight excluding hydrogens is 234 g/mol. The number of nitrogens with zero attached hydrogens (tertiary/aromatic N) is 1. The molecule has 2 saturated heterocycles. The van der Waals surface area contributed by atoms with Gasteiger partial charge in [-0.3, -0.25) is 4.90 Å². The summed E-state index contributed by atoms with van der Waals surface area (Å²) >= 11 is 0. The molecule has 1 aromatic rings. The van der Waals surface area contributed by atoms with Crippen LogP contribution in [0.15, 0.2) is 24.3 Å². The Morgan fingerprint density at radius 2 is 1.72 bits per heavy atom. The van der Waals surface area contributed by atoms with Crippen LogP contribution in [0.2, 0.25) is 0 Å². The quantitative estimate of drug-likeness (QED) is 0.888. The van der Waals surface area contributed by atoms with E-state index in [0.717, 1.165) is 50.1 Å². The van der Waals surface area contributed by atoms with E-state index in [2.05, 4.69) is 10.2 Å². The lowest BCUT2D eigenvalue weighted by Crippen LogP contribution is -2.25. The molecule has 2 aliphatic rings. The summed E-state index contributed by atoms with van der Waals surface area (Å²) in [7, 11) is 0. The molecular formula is C14H18F2N2. The van der Waals surface area contributed by atoms with E-state index in [1.54, 1.807) is 12.1 Å². The van der Waals surface area contributed by atoms with Crippen LogP contribution in [0.1, 0.15) is 17.6 Å². The minimum Gasteiger partial charge on any atom is -0.316 e. The first-order valence-electron chi connectivity index (χ1n) is 6.52. The molecule has 0 spiro atoms. The molecule has 0 unspecified atom stereocenters. The molecule has 18 heavy (non-hydrogen) atoms. The van der Waals surface area contributed by atoms with Crippen LogP contribution in [0.25, 0.3) is 0 Å². The predicted molar refractivity (Wildman–Crippen MR) is 66.5 cm³/mol. The van der Waals surface area contributed by atoms with Gasteiger partial charge in [0.1, 0.15) is 0 Å². The Bertz CT molecular complexity index is 393. The van der Waals surface area contributed by atoms with Crippen molar-refractivity contribution < 1.29 is 8.78 Å². The molecule has 0 saturated carbocycles. The largest absolute Gasteiger partial charge is 0.316 e. The molecule has 0 radical (unpaired) electrons. The number of likely N-dealkylation sites (tertiary alicyclic amines) is 1. The number of hydrogen-bond acceptors (Lipinski definition) is 2. The van der Waals surface area contributed by atoms with E-state index in [4.69, 9.17) is 0 Å². The first-order chi connectivity index (χ1) is 8.72. The van der Waals surface area contributed by atoms with Crippen LogP contribution in [0.3, 0.4) is 0 Å². The summed E-state index contributed by atoms with van der Waals surface area (Å²) in [5, 5.41) is 3.42. The van der Waals surface area contributed by atoms with Crippen molar-refractivity contribution >= 4 is 0 Å². The van der Waals surface area contributed by atoms with Gasteiger partial charge in [0.25, 0.3) is 6.43 Å². The van der Waals surface area contributed by atoms with Crippen LogP contribution in [0, 0.1) is 11.8 Å². The average Bonchev–Trinajstić information content (AvgIpc) is 2.90. The van der Waals surface area contributed by atoms with Crippen molar-refractivity contribution in [2.24, 2.45) is 11.8 Å². The molecule has 0 aromatic heterocycles. The molecule has 2 aliphatic heterocycles.